The zero-order valence-corrected chi connectivity index (χ0v) is 10.4. The molecule has 66 valence electrons. The van der Waals surface area contributed by atoms with Gasteiger partial charge in [-0.15, -0.1) is 4.91 Å². The number of nitrogens with two attached hydrogens (primary N) is 1. The van der Waals surface area contributed by atoms with Gasteiger partial charge >= 0.3 is 29.6 Å². The number of nitrogens with zero attached hydrogens (tertiary/aromatic N) is 1. The van der Waals surface area contributed by atoms with Crippen LogP contribution in [0.4, 0.5) is 0 Å². The summed E-state index contributed by atoms with van der Waals surface area (Å²) in [5.41, 5.74) is 4.56. The van der Waals surface area contributed by atoms with Crippen molar-refractivity contribution in [2.45, 2.75) is 0 Å². The second kappa shape index (κ2) is 9.80. The van der Waals surface area contributed by atoms with Gasteiger partial charge in [-0.1, -0.05) is 11.7 Å². The van der Waals surface area contributed by atoms with Crippen LogP contribution in [0.3, 0.4) is 0 Å². The number of rotatable bonds is 0. The first-order valence-corrected chi connectivity index (χ1v) is 4.95. The van der Waals surface area contributed by atoms with Gasteiger partial charge in [0, 0.05) is 0 Å². The minimum Gasteiger partial charge on any atom is -0.739 e. The number of thiol groups is 1. The van der Waals surface area contributed by atoms with Gasteiger partial charge in [0.05, 0.1) is 0 Å². The maximum atomic E-state index is 9.32. The molecule has 0 saturated carbocycles. The van der Waals surface area contributed by atoms with E-state index < -0.39 is 14.3 Å². The summed E-state index contributed by atoms with van der Waals surface area (Å²) >= 11 is 2.43. The van der Waals surface area contributed by atoms with Crippen molar-refractivity contribution in [3.63, 3.8) is 0 Å². The minimum atomic E-state index is -4.22. The molecule has 0 fully saturated rings. The third-order valence-corrected chi connectivity index (χ3v) is 0.421. The van der Waals surface area contributed by atoms with Crippen molar-refractivity contribution in [2.75, 3.05) is 0 Å². The van der Waals surface area contributed by atoms with Gasteiger partial charge in [0.2, 0.25) is 5.11 Å². The summed E-state index contributed by atoms with van der Waals surface area (Å²) in [6.45, 7) is 0. The predicted molar refractivity (Wildman–Crippen MR) is 41.8 cm³/mol. The van der Waals surface area contributed by atoms with E-state index in [4.69, 9.17) is 17.9 Å². The van der Waals surface area contributed by atoms with E-state index in [-0.39, 0.29) is 40.8 Å². The Balaban J connectivity index is -0.000000126. The Hall–Kier alpha value is 0.710. The van der Waals surface area contributed by atoms with E-state index in [9.17, 15) is 4.21 Å². The molecule has 0 aliphatic heterocycles. The molecule has 0 unspecified atom stereocenters. The maximum absolute atomic E-state index is 9.32. The van der Waals surface area contributed by atoms with E-state index in [1.165, 1.54) is 0 Å². The van der Waals surface area contributed by atoms with Crippen molar-refractivity contribution in [3.8, 4) is 0 Å². The summed E-state index contributed by atoms with van der Waals surface area (Å²) in [5.74, 6) is 0. The van der Waals surface area contributed by atoms with Crippen LogP contribution in [0.1, 0.15) is 0 Å². The van der Waals surface area contributed by atoms with Gasteiger partial charge in [0.15, 0.2) is 0 Å². The van der Waals surface area contributed by atoms with Crippen LogP contribution in [0.15, 0.2) is 5.18 Å². The van der Waals surface area contributed by atoms with E-state index in [0.29, 0.717) is 0 Å². The summed E-state index contributed by atoms with van der Waals surface area (Å²) in [6.07, 6.45) is 0. The van der Waals surface area contributed by atoms with Gasteiger partial charge in [0.1, 0.15) is 20.4 Å². The van der Waals surface area contributed by atoms with Crippen molar-refractivity contribution >= 4 is 37.2 Å². The van der Waals surface area contributed by atoms with Crippen LogP contribution in [0.25, 0.3) is 0 Å². The Labute approximate surface area is 99.0 Å². The Morgan fingerprint density at radius 3 is 1.83 bits per heavy atom. The van der Waals surface area contributed by atoms with Gasteiger partial charge < -0.3 is 4.55 Å². The quantitative estimate of drug-likeness (QED) is 0.110. The maximum Gasteiger partial charge on any atom is 1.00 e. The van der Waals surface area contributed by atoms with Crippen LogP contribution in [-0.2, 0) is 20.4 Å². The summed E-state index contributed by atoms with van der Waals surface area (Å²) in [7, 11) is -4.22. The van der Waals surface area contributed by atoms with Gasteiger partial charge in [-0.2, -0.15) is 0 Å². The van der Waals surface area contributed by atoms with Crippen molar-refractivity contribution in [3.05, 3.63) is 4.91 Å². The fourth-order valence-electron chi connectivity index (χ4n) is 0.0152. The molecule has 0 spiro atoms. The summed E-state index contributed by atoms with van der Waals surface area (Å²) < 4.78 is 36.1. The van der Waals surface area contributed by atoms with E-state index in [1.54, 1.807) is 0 Å². The Bertz CT molecular complexity index is 258. The molecule has 0 rings (SSSR count). The first-order chi connectivity index (χ1) is 4.81. The zero-order chi connectivity index (χ0) is 9.49. The molecule has 0 amide bonds. The van der Waals surface area contributed by atoms with Crippen LogP contribution in [-0.4, -0.2) is 22.3 Å². The van der Waals surface area contributed by atoms with E-state index in [1.807, 2.05) is 0 Å². The molecule has 7 nitrogen and oxygen atoms in total. The Kier molecular flexibility index (Phi) is 15.1. The van der Waals surface area contributed by atoms with Crippen LogP contribution >= 0.6 is 11.7 Å². The van der Waals surface area contributed by atoms with E-state index in [2.05, 4.69) is 22.6 Å². The molecule has 0 aromatic heterocycles. The largest absolute Gasteiger partial charge is 1.00 e. The standard InChI is InChI=1S/CH2N2O2S.Na.H2O3S2/c2-1(3-4)6-5;;1-5(2,3)4/h2H2;;(H2,1,2,3,4)/q;+1;/p-1. The SMILES string of the molecule is NC(N=O)=S=O.O=S(=O)([O-])S.[Na+]. The molecule has 0 heterocycles. The molecule has 0 radical (unpaired) electrons. The van der Waals surface area contributed by atoms with Crippen molar-refractivity contribution in [1.82, 2.24) is 0 Å². The first kappa shape index (κ1) is 18.5. The molecular formula is CH3N2NaO5S3. The third kappa shape index (κ3) is 45.5. The van der Waals surface area contributed by atoms with Gasteiger partial charge in [-0.05, 0) is 5.18 Å². The van der Waals surface area contributed by atoms with Crippen LogP contribution in [0.5, 0.6) is 0 Å². The molecule has 12 heavy (non-hydrogen) atoms. The van der Waals surface area contributed by atoms with E-state index in [0.717, 1.165) is 0 Å². The monoisotopic (exact) mass is 242 g/mol. The average molecular weight is 242 g/mol. The predicted octanol–water partition coefficient (Wildman–Crippen LogP) is -4.61. The summed E-state index contributed by atoms with van der Waals surface area (Å²) in [6, 6.07) is 0. The molecule has 0 bridgehead atoms. The normalized spacial score (nSPS) is 8.25. The van der Waals surface area contributed by atoms with Crippen molar-refractivity contribution in [1.29, 1.82) is 0 Å². The average Bonchev–Trinajstić information content (AvgIpc) is 1.83. The minimum absolute atomic E-state index is 0. The smallest absolute Gasteiger partial charge is 0.739 e. The summed E-state index contributed by atoms with van der Waals surface area (Å²) in [5, 5.41) is 1.63. The van der Waals surface area contributed by atoms with E-state index >= 15 is 0 Å². The topological polar surface area (TPSA) is 130 Å². The Morgan fingerprint density at radius 1 is 1.58 bits per heavy atom. The van der Waals surface area contributed by atoms with Crippen molar-refractivity contribution < 1.29 is 46.7 Å². The fraction of sp³-hybridized carbons (Fsp3) is 0. The molecule has 2 N–H and O–H groups in total. The van der Waals surface area contributed by atoms with Gasteiger partial charge in [-0.25, -0.2) is 12.6 Å². The van der Waals surface area contributed by atoms with Gasteiger partial charge in [-0.3, -0.25) is 5.73 Å². The van der Waals surface area contributed by atoms with Gasteiger partial charge in [0.25, 0.3) is 0 Å². The molecule has 0 atom stereocenters. The molecule has 0 aliphatic rings. The summed E-state index contributed by atoms with van der Waals surface area (Å²) in [4.78, 5) is 9.10. The second-order valence-electron chi connectivity index (χ2n) is 0.941. The molecule has 0 aromatic carbocycles. The van der Waals surface area contributed by atoms with Crippen LogP contribution in [0, 0.1) is 4.91 Å². The molecule has 0 aromatic rings. The molecule has 0 aliphatic carbocycles. The van der Waals surface area contributed by atoms with Crippen molar-refractivity contribution in [2.24, 2.45) is 10.9 Å². The number of nitroso groups, excluding NO2 is 1. The number of hydrogen-bond donors (Lipinski definition) is 2. The van der Waals surface area contributed by atoms with Crippen LogP contribution < -0.4 is 35.3 Å². The molecular weight excluding hydrogens is 239 g/mol. The second-order valence-corrected chi connectivity index (χ2v) is 3.72. The molecule has 11 heteroatoms. The first-order valence-electron chi connectivity index (χ1n) is 1.75. The Morgan fingerprint density at radius 2 is 1.83 bits per heavy atom. The zero-order valence-electron chi connectivity index (χ0n) is 5.83. The molecule has 0 saturated heterocycles. The number of hydrogen-bond acceptors (Lipinski definition) is 5. The fourth-order valence-corrected chi connectivity index (χ4v) is 0.0456. The van der Waals surface area contributed by atoms with Crippen LogP contribution in [0.2, 0.25) is 0 Å². The third-order valence-electron chi connectivity index (χ3n) is 0.175.